The highest BCUT2D eigenvalue weighted by molar-refractivity contribution is 6.01. The first-order chi connectivity index (χ1) is 11.6. The Kier molecular flexibility index (Phi) is 4.29. The van der Waals surface area contributed by atoms with Crippen molar-refractivity contribution in [3.8, 4) is 0 Å². The number of carbonyl (C=O) groups is 2. The van der Waals surface area contributed by atoms with Crippen LogP contribution < -0.4 is 0 Å². The average molecular weight is 327 g/mol. The quantitative estimate of drug-likeness (QED) is 0.688. The molecule has 2 aromatic carbocycles. The van der Waals surface area contributed by atoms with E-state index >= 15 is 0 Å². The Morgan fingerprint density at radius 3 is 2.54 bits per heavy atom. The molecule has 0 aliphatic heterocycles. The Bertz CT molecular complexity index is 902. The van der Waals surface area contributed by atoms with Gasteiger partial charge in [0.2, 0.25) is 0 Å². The number of benzene rings is 2. The van der Waals surface area contributed by atoms with Crippen LogP contribution >= 0.6 is 0 Å². The van der Waals surface area contributed by atoms with Gasteiger partial charge in [-0.3, -0.25) is 0 Å². The summed E-state index contributed by atoms with van der Waals surface area (Å²) in [5, 5.41) is 0.409. The molecule has 1 heterocycles. The number of aromatic nitrogens is 1. The van der Waals surface area contributed by atoms with Gasteiger partial charge in [-0.2, -0.15) is 0 Å². The number of rotatable bonds is 3. The summed E-state index contributed by atoms with van der Waals surface area (Å²) in [6, 6.07) is 14.4. The van der Waals surface area contributed by atoms with Crippen molar-refractivity contribution >= 4 is 23.0 Å². The maximum absolute atomic E-state index is 13.4. The molecule has 3 aromatic rings. The summed E-state index contributed by atoms with van der Waals surface area (Å²) < 4.78 is 24.4. The number of esters is 1. The Morgan fingerprint density at radius 2 is 1.83 bits per heavy atom. The fourth-order valence-electron chi connectivity index (χ4n) is 2.42. The first-order valence-electron chi connectivity index (χ1n) is 7.20. The molecule has 3 rings (SSSR count). The predicted octanol–water partition coefficient (Wildman–Crippen LogP) is 3.75. The summed E-state index contributed by atoms with van der Waals surface area (Å²) in [4.78, 5) is 24.4. The lowest BCUT2D eigenvalue weighted by molar-refractivity contribution is 0.0585. The van der Waals surface area contributed by atoms with Gasteiger partial charge >= 0.3 is 12.1 Å². The molecular formula is C18H14FNO4. The Balaban J connectivity index is 1.96. The molecule has 0 N–H and O–H groups in total. The van der Waals surface area contributed by atoms with Gasteiger partial charge in [0.25, 0.3) is 0 Å². The lowest BCUT2D eigenvalue weighted by atomic mass is 10.2. The zero-order valence-corrected chi connectivity index (χ0v) is 12.9. The predicted molar refractivity (Wildman–Crippen MR) is 85.3 cm³/mol. The van der Waals surface area contributed by atoms with Gasteiger partial charge in [0.05, 0.1) is 12.6 Å². The van der Waals surface area contributed by atoms with Crippen molar-refractivity contribution in [2.24, 2.45) is 0 Å². The van der Waals surface area contributed by atoms with E-state index in [-0.39, 0.29) is 12.3 Å². The van der Waals surface area contributed by atoms with Gasteiger partial charge in [-0.05, 0) is 29.8 Å². The highest BCUT2D eigenvalue weighted by Gasteiger charge is 2.22. The van der Waals surface area contributed by atoms with Gasteiger partial charge in [-0.1, -0.05) is 30.3 Å². The van der Waals surface area contributed by atoms with Crippen LogP contribution in [0.25, 0.3) is 10.9 Å². The van der Waals surface area contributed by atoms with E-state index in [2.05, 4.69) is 4.74 Å². The number of hydrogen-bond donors (Lipinski definition) is 0. The van der Waals surface area contributed by atoms with Crippen LogP contribution in [0.5, 0.6) is 0 Å². The van der Waals surface area contributed by atoms with Crippen molar-refractivity contribution in [3.63, 3.8) is 0 Å². The molecule has 0 amide bonds. The molecule has 0 unspecified atom stereocenters. The SMILES string of the molecule is COC(=O)c1cc2cc(F)ccc2n1C(=O)OCc1ccccc1. The molecule has 122 valence electrons. The number of ether oxygens (including phenoxy) is 2. The van der Waals surface area contributed by atoms with Gasteiger partial charge < -0.3 is 9.47 Å². The van der Waals surface area contributed by atoms with Crippen LogP contribution in [0.3, 0.4) is 0 Å². The minimum absolute atomic E-state index is 0.0174. The molecule has 0 fully saturated rings. The average Bonchev–Trinajstić information content (AvgIpc) is 2.98. The van der Waals surface area contributed by atoms with Crippen molar-refractivity contribution in [1.82, 2.24) is 4.57 Å². The maximum atomic E-state index is 13.4. The van der Waals surface area contributed by atoms with Crippen molar-refractivity contribution in [2.75, 3.05) is 7.11 Å². The second kappa shape index (κ2) is 6.54. The van der Waals surface area contributed by atoms with E-state index in [0.717, 1.165) is 10.1 Å². The molecular weight excluding hydrogens is 313 g/mol. The van der Waals surface area contributed by atoms with Crippen LogP contribution in [0.4, 0.5) is 9.18 Å². The Morgan fingerprint density at radius 1 is 1.08 bits per heavy atom. The third-order valence-corrected chi connectivity index (χ3v) is 3.55. The third-order valence-electron chi connectivity index (χ3n) is 3.55. The first-order valence-corrected chi connectivity index (χ1v) is 7.20. The van der Waals surface area contributed by atoms with Gasteiger partial charge in [0.15, 0.2) is 0 Å². The van der Waals surface area contributed by atoms with E-state index < -0.39 is 17.9 Å². The van der Waals surface area contributed by atoms with Crippen LogP contribution in [0.1, 0.15) is 16.1 Å². The van der Waals surface area contributed by atoms with Crippen molar-refractivity contribution < 1.29 is 23.5 Å². The monoisotopic (exact) mass is 327 g/mol. The first kappa shape index (κ1) is 15.7. The fraction of sp³-hybridized carbons (Fsp3) is 0.111. The molecule has 6 heteroatoms. The van der Waals surface area contributed by atoms with Crippen LogP contribution in [0.15, 0.2) is 54.6 Å². The summed E-state index contributed by atoms with van der Waals surface area (Å²) in [5.74, 6) is -1.17. The zero-order valence-electron chi connectivity index (χ0n) is 12.9. The van der Waals surface area contributed by atoms with Crippen LogP contribution in [-0.2, 0) is 16.1 Å². The number of fused-ring (bicyclic) bond motifs is 1. The van der Waals surface area contributed by atoms with Crippen molar-refractivity contribution in [3.05, 3.63) is 71.7 Å². The Labute approximate surface area is 137 Å². The van der Waals surface area contributed by atoms with E-state index in [1.807, 2.05) is 30.3 Å². The lowest BCUT2D eigenvalue weighted by Gasteiger charge is -2.09. The number of carbonyl (C=O) groups excluding carboxylic acids is 2. The Hall–Kier alpha value is -3.15. The molecule has 0 aliphatic carbocycles. The standard InChI is InChI=1S/C18H14FNO4/c1-23-17(21)16-10-13-9-14(19)7-8-15(13)20(16)18(22)24-11-12-5-3-2-4-6-12/h2-10H,11H2,1H3. The van der Waals surface area contributed by atoms with Gasteiger partial charge in [-0.15, -0.1) is 0 Å². The minimum atomic E-state index is -0.735. The molecule has 0 saturated carbocycles. The molecule has 0 atom stereocenters. The molecule has 0 spiro atoms. The largest absolute Gasteiger partial charge is 0.464 e. The number of halogens is 1. The van der Waals surface area contributed by atoms with Crippen LogP contribution in [0, 0.1) is 5.82 Å². The fourth-order valence-corrected chi connectivity index (χ4v) is 2.42. The highest BCUT2D eigenvalue weighted by atomic mass is 19.1. The van der Waals surface area contributed by atoms with E-state index in [1.54, 1.807) is 0 Å². The molecule has 0 aliphatic rings. The smallest absolute Gasteiger partial charge is 0.419 e. The number of hydrogen-bond acceptors (Lipinski definition) is 4. The second-order valence-corrected chi connectivity index (χ2v) is 5.10. The van der Waals surface area contributed by atoms with Gasteiger partial charge in [0.1, 0.15) is 18.1 Å². The molecule has 0 bridgehead atoms. The molecule has 24 heavy (non-hydrogen) atoms. The summed E-state index contributed by atoms with van der Waals surface area (Å²) in [7, 11) is 1.21. The summed E-state index contributed by atoms with van der Waals surface area (Å²) in [5.41, 5.74) is 1.17. The van der Waals surface area contributed by atoms with Gasteiger partial charge in [0, 0.05) is 5.39 Å². The van der Waals surface area contributed by atoms with E-state index in [9.17, 15) is 14.0 Å². The van der Waals surface area contributed by atoms with E-state index in [1.165, 1.54) is 31.4 Å². The highest BCUT2D eigenvalue weighted by Crippen LogP contribution is 2.22. The molecule has 1 aromatic heterocycles. The number of methoxy groups -OCH3 is 1. The van der Waals surface area contributed by atoms with Crippen LogP contribution in [-0.4, -0.2) is 23.7 Å². The molecule has 0 radical (unpaired) electrons. The number of nitrogens with zero attached hydrogens (tertiary/aromatic N) is 1. The zero-order chi connectivity index (χ0) is 17.1. The maximum Gasteiger partial charge on any atom is 0.419 e. The topological polar surface area (TPSA) is 57.5 Å². The van der Waals surface area contributed by atoms with Crippen molar-refractivity contribution in [1.29, 1.82) is 0 Å². The lowest BCUT2D eigenvalue weighted by Crippen LogP contribution is -2.19. The van der Waals surface area contributed by atoms with Crippen LogP contribution in [0.2, 0.25) is 0 Å². The second-order valence-electron chi connectivity index (χ2n) is 5.10. The molecule has 5 nitrogen and oxygen atoms in total. The van der Waals surface area contributed by atoms with E-state index in [4.69, 9.17) is 4.74 Å². The molecule has 0 saturated heterocycles. The summed E-state index contributed by atoms with van der Waals surface area (Å²) in [6.45, 7) is 0.0567. The minimum Gasteiger partial charge on any atom is -0.464 e. The van der Waals surface area contributed by atoms with E-state index in [0.29, 0.717) is 10.9 Å². The van der Waals surface area contributed by atoms with Crippen molar-refractivity contribution in [2.45, 2.75) is 6.61 Å². The normalized spacial score (nSPS) is 10.6. The summed E-state index contributed by atoms with van der Waals surface area (Å²) in [6.07, 6.45) is -0.735. The third kappa shape index (κ3) is 2.99. The summed E-state index contributed by atoms with van der Waals surface area (Å²) >= 11 is 0. The van der Waals surface area contributed by atoms with Gasteiger partial charge in [-0.25, -0.2) is 18.5 Å².